The largest absolute Gasteiger partial charge is 0.315 e. The molecule has 0 unspecified atom stereocenters. The third-order valence-electron chi connectivity index (χ3n) is 3.63. The summed E-state index contributed by atoms with van der Waals surface area (Å²) in [5.41, 5.74) is 0.505. The van der Waals surface area contributed by atoms with Crippen molar-refractivity contribution in [3.63, 3.8) is 0 Å². The van der Waals surface area contributed by atoms with Crippen LogP contribution in [0.3, 0.4) is 0 Å². The molecule has 0 aliphatic rings. The minimum Gasteiger partial charge on any atom is -0.315 e. The molecule has 0 saturated carbocycles. The molecule has 0 aromatic carbocycles. The van der Waals surface area contributed by atoms with E-state index >= 15 is 0 Å². The second-order valence-corrected chi connectivity index (χ2v) is 5.93. The molecular formula is C16H23N5O2. The first-order valence-electron chi connectivity index (χ1n) is 7.83. The summed E-state index contributed by atoms with van der Waals surface area (Å²) in [5.74, 6) is 0.219. The van der Waals surface area contributed by atoms with Crippen LogP contribution in [0.5, 0.6) is 0 Å². The Balaban J connectivity index is 2.24. The van der Waals surface area contributed by atoms with Crippen LogP contribution in [0.15, 0.2) is 23.4 Å². The van der Waals surface area contributed by atoms with Crippen molar-refractivity contribution in [2.45, 2.75) is 47.2 Å². The average Bonchev–Trinajstić information content (AvgIpc) is 2.94. The van der Waals surface area contributed by atoms with E-state index in [0.29, 0.717) is 24.6 Å². The van der Waals surface area contributed by atoms with Gasteiger partial charge in [-0.05, 0) is 37.8 Å². The summed E-state index contributed by atoms with van der Waals surface area (Å²) in [7, 11) is 0. The zero-order valence-corrected chi connectivity index (χ0v) is 14.0. The van der Waals surface area contributed by atoms with E-state index in [0.717, 1.165) is 6.42 Å². The van der Waals surface area contributed by atoms with Gasteiger partial charge in [0.2, 0.25) is 5.95 Å². The summed E-state index contributed by atoms with van der Waals surface area (Å²) in [6, 6.07) is 1.79. The molecule has 2 heterocycles. The van der Waals surface area contributed by atoms with Gasteiger partial charge >= 0.3 is 0 Å². The Morgan fingerprint density at radius 1 is 1.39 bits per heavy atom. The summed E-state index contributed by atoms with van der Waals surface area (Å²) >= 11 is 0. The smallest absolute Gasteiger partial charge is 0.263 e. The van der Waals surface area contributed by atoms with Crippen LogP contribution in [0.25, 0.3) is 0 Å². The van der Waals surface area contributed by atoms with Crippen molar-refractivity contribution in [3.8, 4) is 0 Å². The Morgan fingerprint density at radius 2 is 2.13 bits per heavy atom. The van der Waals surface area contributed by atoms with Crippen LogP contribution in [0.1, 0.15) is 43.1 Å². The highest BCUT2D eigenvalue weighted by molar-refractivity contribution is 6.04. The number of carbonyl (C=O) groups is 1. The molecule has 0 fully saturated rings. The highest BCUT2D eigenvalue weighted by Crippen LogP contribution is 2.07. The topological polar surface area (TPSA) is 81.8 Å². The van der Waals surface area contributed by atoms with E-state index in [2.05, 4.69) is 29.2 Å². The van der Waals surface area contributed by atoms with Crippen LogP contribution in [-0.2, 0) is 13.1 Å². The maximum absolute atomic E-state index is 12.6. The molecule has 7 heteroatoms. The molecule has 1 N–H and O–H groups in total. The average molecular weight is 317 g/mol. The zero-order chi connectivity index (χ0) is 17.0. The van der Waals surface area contributed by atoms with Crippen molar-refractivity contribution in [2.75, 3.05) is 5.32 Å². The van der Waals surface area contributed by atoms with E-state index in [1.807, 2.05) is 6.92 Å². The van der Waals surface area contributed by atoms with Gasteiger partial charge < -0.3 is 4.57 Å². The number of pyridine rings is 1. The molecule has 2 aromatic heterocycles. The van der Waals surface area contributed by atoms with E-state index in [9.17, 15) is 9.59 Å². The van der Waals surface area contributed by atoms with Crippen molar-refractivity contribution in [1.29, 1.82) is 0 Å². The maximum Gasteiger partial charge on any atom is 0.263 e. The van der Waals surface area contributed by atoms with Crippen LogP contribution < -0.4 is 10.9 Å². The minimum atomic E-state index is -0.472. The molecule has 0 atom stereocenters. The Labute approximate surface area is 135 Å². The fraction of sp³-hybridized carbons (Fsp3) is 0.500. The predicted molar refractivity (Wildman–Crippen MR) is 88.5 cm³/mol. The number of rotatable bonds is 6. The van der Waals surface area contributed by atoms with Crippen LogP contribution in [0, 0.1) is 12.8 Å². The molecule has 2 rings (SSSR count). The molecule has 0 saturated heterocycles. The zero-order valence-electron chi connectivity index (χ0n) is 14.0. The van der Waals surface area contributed by atoms with Crippen LogP contribution in [0.4, 0.5) is 5.95 Å². The molecule has 0 aliphatic heterocycles. The van der Waals surface area contributed by atoms with E-state index in [1.165, 1.54) is 6.33 Å². The van der Waals surface area contributed by atoms with Gasteiger partial charge in [-0.3, -0.25) is 19.6 Å². The van der Waals surface area contributed by atoms with Crippen molar-refractivity contribution in [1.82, 2.24) is 19.3 Å². The van der Waals surface area contributed by atoms with Crippen molar-refractivity contribution in [2.24, 2.45) is 5.92 Å². The van der Waals surface area contributed by atoms with E-state index in [-0.39, 0.29) is 17.1 Å². The lowest BCUT2D eigenvalue weighted by atomic mass is 10.1. The van der Waals surface area contributed by atoms with Gasteiger partial charge in [0.1, 0.15) is 11.9 Å². The molecule has 0 spiro atoms. The molecule has 2 aromatic rings. The number of carbonyl (C=O) groups excluding carboxylic acids is 1. The lowest BCUT2D eigenvalue weighted by Gasteiger charge is -2.11. The van der Waals surface area contributed by atoms with Crippen LogP contribution in [0.2, 0.25) is 0 Å². The standard InChI is InChI=1S/C16H23N5O2/c1-5-21-10-17-16(19-21)18-14(22)13-12(4)7-9-20(15(13)23)8-6-11(2)3/h7,9-11H,5-6,8H2,1-4H3,(H,18,19,22). The Kier molecular flexibility index (Phi) is 5.31. The molecule has 0 bridgehead atoms. The first kappa shape index (κ1) is 16.9. The Morgan fingerprint density at radius 3 is 2.74 bits per heavy atom. The van der Waals surface area contributed by atoms with Crippen LogP contribution >= 0.6 is 0 Å². The van der Waals surface area contributed by atoms with Crippen molar-refractivity contribution >= 4 is 11.9 Å². The van der Waals surface area contributed by atoms with Gasteiger partial charge in [-0.25, -0.2) is 4.98 Å². The number of anilines is 1. The Bertz CT molecular complexity index is 745. The highest BCUT2D eigenvalue weighted by atomic mass is 16.2. The van der Waals surface area contributed by atoms with Crippen LogP contribution in [-0.4, -0.2) is 25.2 Å². The van der Waals surface area contributed by atoms with Gasteiger partial charge in [0.05, 0.1) is 0 Å². The SMILES string of the molecule is CCn1cnc(NC(=O)c2c(C)ccn(CCC(C)C)c2=O)n1. The number of nitrogens with zero attached hydrogens (tertiary/aromatic N) is 4. The number of nitrogens with one attached hydrogen (secondary N) is 1. The van der Waals surface area contributed by atoms with Crippen molar-refractivity contribution < 1.29 is 4.79 Å². The van der Waals surface area contributed by atoms with E-state index < -0.39 is 5.91 Å². The van der Waals surface area contributed by atoms with Gasteiger partial charge in [0.15, 0.2) is 0 Å². The maximum atomic E-state index is 12.6. The number of hydrogen-bond donors (Lipinski definition) is 1. The molecule has 0 aliphatic carbocycles. The summed E-state index contributed by atoms with van der Waals surface area (Å²) in [5, 5.41) is 6.69. The summed E-state index contributed by atoms with van der Waals surface area (Å²) in [4.78, 5) is 29.0. The predicted octanol–water partition coefficient (Wildman–Crippen LogP) is 2.07. The van der Waals surface area contributed by atoms with Gasteiger partial charge in [-0.1, -0.05) is 13.8 Å². The third kappa shape index (κ3) is 4.06. The number of hydrogen-bond acceptors (Lipinski definition) is 4. The summed E-state index contributed by atoms with van der Waals surface area (Å²) in [6.45, 7) is 9.14. The van der Waals surface area contributed by atoms with E-state index in [1.54, 1.807) is 28.4 Å². The molecule has 1 amide bonds. The van der Waals surface area contributed by atoms with Gasteiger partial charge in [0, 0.05) is 19.3 Å². The minimum absolute atomic E-state index is 0.143. The quantitative estimate of drug-likeness (QED) is 0.884. The third-order valence-corrected chi connectivity index (χ3v) is 3.63. The van der Waals surface area contributed by atoms with E-state index in [4.69, 9.17) is 0 Å². The molecule has 124 valence electrons. The molecular weight excluding hydrogens is 294 g/mol. The van der Waals surface area contributed by atoms with Gasteiger partial charge in [-0.2, -0.15) is 0 Å². The highest BCUT2D eigenvalue weighted by Gasteiger charge is 2.17. The number of amides is 1. The first-order valence-corrected chi connectivity index (χ1v) is 7.83. The molecule has 23 heavy (non-hydrogen) atoms. The Hall–Kier alpha value is -2.44. The fourth-order valence-electron chi connectivity index (χ4n) is 2.18. The van der Waals surface area contributed by atoms with Crippen molar-refractivity contribution in [3.05, 3.63) is 40.1 Å². The normalized spacial score (nSPS) is 11.0. The second kappa shape index (κ2) is 7.21. The lowest BCUT2D eigenvalue weighted by molar-refractivity contribution is 0.102. The summed E-state index contributed by atoms with van der Waals surface area (Å²) in [6.07, 6.45) is 4.15. The van der Waals surface area contributed by atoms with Gasteiger partial charge in [0.25, 0.3) is 11.5 Å². The lowest BCUT2D eigenvalue weighted by Crippen LogP contribution is -2.30. The summed E-state index contributed by atoms with van der Waals surface area (Å²) < 4.78 is 3.19. The second-order valence-electron chi connectivity index (χ2n) is 5.93. The monoisotopic (exact) mass is 317 g/mol. The molecule has 7 nitrogen and oxygen atoms in total. The number of aromatic nitrogens is 4. The number of aryl methyl sites for hydroxylation is 3. The molecule has 0 radical (unpaired) electrons. The first-order chi connectivity index (χ1) is 10.9. The van der Waals surface area contributed by atoms with Gasteiger partial charge in [-0.15, -0.1) is 5.10 Å². The fourth-order valence-corrected chi connectivity index (χ4v) is 2.18.